The van der Waals surface area contributed by atoms with Gasteiger partial charge in [-0.3, -0.25) is 0 Å². The summed E-state index contributed by atoms with van der Waals surface area (Å²) in [4.78, 5) is 25.1. The summed E-state index contributed by atoms with van der Waals surface area (Å²) in [6.07, 6.45) is -2.47. The summed E-state index contributed by atoms with van der Waals surface area (Å²) in [7, 11) is -4.15. The molecule has 0 unspecified atom stereocenters. The van der Waals surface area contributed by atoms with Crippen LogP contribution >= 0.6 is 0 Å². The summed E-state index contributed by atoms with van der Waals surface area (Å²) < 4.78 is 57.3. The molecule has 2 saturated heterocycles. The molecule has 5 rings (SSSR count). The Morgan fingerprint density at radius 3 is 2.56 bits per heavy atom. The number of aliphatic hydroxyl groups is 1. The van der Waals surface area contributed by atoms with Gasteiger partial charge in [0.1, 0.15) is 17.4 Å². The number of hydrogen-bond donors (Lipinski definition) is 4. The largest absolute Gasteiger partial charge is 0.444 e. The number of fused-ring (bicyclic) bond motifs is 2. The highest BCUT2D eigenvalue weighted by molar-refractivity contribution is 7.89. The number of nitrogens with zero attached hydrogens (tertiary/aromatic N) is 2. The van der Waals surface area contributed by atoms with E-state index < -0.39 is 52.4 Å². The molecule has 2 fully saturated rings. The number of aliphatic hydroxyl groups excluding tert-OH is 1. The van der Waals surface area contributed by atoms with Crippen LogP contribution in [0.4, 0.5) is 9.59 Å². The van der Waals surface area contributed by atoms with Crippen molar-refractivity contribution >= 4 is 33.2 Å². The van der Waals surface area contributed by atoms with Crippen LogP contribution in [-0.4, -0.2) is 105 Å². The quantitative estimate of drug-likeness (QED) is 0.156. The number of aromatic nitrogens is 1. The Kier molecular flexibility index (Phi) is 13.1. The fourth-order valence-electron chi connectivity index (χ4n) is 6.21. The highest BCUT2D eigenvalue weighted by atomic mass is 32.2. The molecule has 1 aromatic heterocycles. The van der Waals surface area contributed by atoms with E-state index in [0.717, 1.165) is 5.56 Å². The number of rotatable bonds is 16. The van der Waals surface area contributed by atoms with Crippen LogP contribution < -0.4 is 16.0 Å². The lowest BCUT2D eigenvalue weighted by Gasteiger charge is -2.31. The van der Waals surface area contributed by atoms with Crippen LogP contribution in [0.25, 0.3) is 11.0 Å². The van der Waals surface area contributed by atoms with Gasteiger partial charge >= 0.3 is 12.2 Å². The molecule has 5 atom stereocenters. The van der Waals surface area contributed by atoms with Crippen LogP contribution in [0.2, 0.25) is 0 Å². The summed E-state index contributed by atoms with van der Waals surface area (Å²) in [5.74, 6) is -0.139. The van der Waals surface area contributed by atoms with E-state index in [9.17, 15) is 23.1 Å². The Bertz CT molecular complexity index is 1750. The van der Waals surface area contributed by atoms with E-state index in [1.54, 1.807) is 26.8 Å². The second kappa shape index (κ2) is 17.4. The van der Waals surface area contributed by atoms with E-state index in [-0.39, 0.29) is 49.4 Å². The Morgan fingerprint density at radius 1 is 1.06 bits per heavy atom. The van der Waals surface area contributed by atoms with Gasteiger partial charge in [-0.25, -0.2) is 18.0 Å². The van der Waals surface area contributed by atoms with Gasteiger partial charge < -0.3 is 44.5 Å². The molecule has 3 aromatic rings. The molecule has 4 N–H and O–H groups in total. The number of alkyl carbamates (subject to hydrolysis) is 2. The number of carbonyl (C=O) groups excluding carboxylic acids is 2. The average Bonchev–Trinajstić information content (AvgIpc) is 3.81. The maximum Gasteiger partial charge on any atom is 0.407 e. The van der Waals surface area contributed by atoms with Crippen molar-refractivity contribution in [3.05, 3.63) is 59.8 Å². The zero-order chi connectivity index (χ0) is 37.5. The SMILES string of the molecule is CC(C)CN(C[C@@H](O)[C@H](Cc1ccccc1)NC(=O)O[C@H]1CO[C@H]2OCC[C@H]21)S(=O)(=O)c1ccc2onc(CNCCNC(=O)OC(C)(C)C)c2c1. The summed E-state index contributed by atoms with van der Waals surface area (Å²) >= 11 is 0. The fraction of sp³-hybridized carbons (Fsp3) is 0.583. The molecule has 286 valence electrons. The minimum Gasteiger partial charge on any atom is -0.444 e. The molecular formula is C36H51N5O10S. The van der Waals surface area contributed by atoms with E-state index >= 15 is 0 Å². The Morgan fingerprint density at radius 2 is 1.83 bits per heavy atom. The van der Waals surface area contributed by atoms with Crippen molar-refractivity contribution in [2.45, 2.75) is 89.0 Å². The zero-order valence-corrected chi connectivity index (χ0v) is 31.2. The molecule has 0 aliphatic carbocycles. The summed E-state index contributed by atoms with van der Waals surface area (Å²) in [6, 6.07) is 13.0. The maximum absolute atomic E-state index is 14.2. The number of carbonyl (C=O) groups is 2. The van der Waals surface area contributed by atoms with Gasteiger partial charge in [0.2, 0.25) is 10.0 Å². The average molecular weight is 746 g/mol. The van der Waals surface area contributed by atoms with Crippen LogP contribution in [0.5, 0.6) is 0 Å². The molecule has 52 heavy (non-hydrogen) atoms. The highest BCUT2D eigenvalue weighted by Crippen LogP contribution is 2.33. The number of sulfonamides is 1. The van der Waals surface area contributed by atoms with E-state index in [2.05, 4.69) is 21.1 Å². The van der Waals surface area contributed by atoms with Gasteiger partial charge in [0.25, 0.3) is 0 Å². The van der Waals surface area contributed by atoms with Crippen molar-refractivity contribution < 1.29 is 46.6 Å². The van der Waals surface area contributed by atoms with Crippen LogP contribution in [0.3, 0.4) is 0 Å². The molecule has 0 saturated carbocycles. The molecule has 2 aliphatic rings. The Hall–Kier alpha value is -3.80. The third-order valence-corrected chi connectivity index (χ3v) is 10.5. The van der Waals surface area contributed by atoms with Crippen molar-refractivity contribution in [1.82, 2.24) is 25.4 Å². The Balaban J connectivity index is 1.28. The lowest BCUT2D eigenvalue weighted by molar-refractivity contribution is -0.0907. The van der Waals surface area contributed by atoms with Crippen molar-refractivity contribution in [2.24, 2.45) is 11.8 Å². The zero-order valence-electron chi connectivity index (χ0n) is 30.4. The summed E-state index contributed by atoms with van der Waals surface area (Å²) in [5.41, 5.74) is 1.14. The smallest absolute Gasteiger partial charge is 0.407 e. The fourth-order valence-corrected chi connectivity index (χ4v) is 7.86. The standard InChI is InChI=1S/C36H51N5O10S/c1-23(2)20-41(21-30(42)28(17-24-9-7-6-8-10-24)39-35(44)49-32-22-48-33-26(32)13-16-47-33)52(45,46)25-11-12-31-27(18-25)29(40-51-31)19-37-14-15-38-34(43)50-36(3,4)5/h6-12,18,23,26,28,30,32-33,37,42H,13-17,19-22H2,1-5H3,(H,38,43)(H,39,44)/t26-,28-,30+,32-,33+/m0/s1. The third kappa shape index (κ3) is 10.6. The molecule has 2 amide bonds. The Labute approximate surface area is 304 Å². The number of benzene rings is 2. The first-order valence-electron chi connectivity index (χ1n) is 17.7. The summed E-state index contributed by atoms with van der Waals surface area (Å²) in [6.45, 7) is 10.7. The van der Waals surface area contributed by atoms with Gasteiger partial charge in [0.15, 0.2) is 11.9 Å². The van der Waals surface area contributed by atoms with Crippen LogP contribution in [0, 0.1) is 11.8 Å². The normalized spacial score (nSPS) is 20.2. The molecule has 0 spiro atoms. The van der Waals surface area contributed by atoms with Gasteiger partial charge in [0, 0.05) is 38.1 Å². The molecule has 0 bridgehead atoms. The molecule has 2 aromatic carbocycles. The van der Waals surface area contributed by atoms with Crippen molar-refractivity contribution in [2.75, 3.05) is 39.4 Å². The molecule has 15 nitrogen and oxygen atoms in total. The molecular weight excluding hydrogens is 694 g/mol. The van der Waals surface area contributed by atoms with Gasteiger partial charge in [-0.2, -0.15) is 4.31 Å². The third-order valence-electron chi connectivity index (χ3n) is 8.69. The lowest BCUT2D eigenvalue weighted by atomic mass is 10.0. The topological polar surface area (TPSA) is 191 Å². The minimum atomic E-state index is -4.15. The second-order valence-corrected chi connectivity index (χ2v) is 16.5. The van der Waals surface area contributed by atoms with E-state index in [1.165, 1.54) is 16.4 Å². The molecule has 2 aliphatic heterocycles. The van der Waals surface area contributed by atoms with Crippen LogP contribution in [0.15, 0.2) is 57.9 Å². The van der Waals surface area contributed by atoms with Crippen molar-refractivity contribution in [1.29, 1.82) is 0 Å². The molecule has 0 radical (unpaired) electrons. The van der Waals surface area contributed by atoms with E-state index in [0.29, 0.717) is 42.8 Å². The first-order valence-corrected chi connectivity index (χ1v) is 19.1. The van der Waals surface area contributed by atoms with Gasteiger partial charge in [-0.1, -0.05) is 49.3 Å². The van der Waals surface area contributed by atoms with Crippen LogP contribution in [0.1, 0.15) is 52.3 Å². The van der Waals surface area contributed by atoms with Crippen LogP contribution in [-0.2, 0) is 41.9 Å². The summed E-state index contributed by atoms with van der Waals surface area (Å²) in [5, 5.41) is 24.9. The predicted molar refractivity (Wildman–Crippen MR) is 191 cm³/mol. The first-order chi connectivity index (χ1) is 24.7. The number of amides is 2. The number of hydrogen-bond acceptors (Lipinski definition) is 12. The maximum atomic E-state index is 14.2. The minimum absolute atomic E-state index is 0.00504. The van der Waals surface area contributed by atoms with E-state index in [1.807, 2.05) is 44.2 Å². The van der Waals surface area contributed by atoms with Gasteiger partial charge in [-0.05, 0) is 63.3 Å². The van der Waals surface area contributed by atoms with E-state index in [4.69, 9.17) is 23.5 Å². The lowest BCUT2D eigenvalue weighted by Crippen LogP contribution is -2.51. The predicted octanol–water partition coefficient (Wildman–Crippen LogP) is 3.55. The number of nitrogens with one attached hydrogen (secondary N) is 3. The molecule has 3 heterocycles. The number of ether oxygens (including phenoxy) is 4. The van der Waals surface area contributed by atoms with Gasteiger partial charge in [-0.15, -0.1) is 0 Å². The first kappa shape index (κ1) is 39.4. The van der Waals surface area contributed by atoms with Crippen molar-refractivity contribution in [3.8, 4) is 0 Å². The monoisotopic (exact) mass is 745 g/mol. The van der Waals surface area contributed by atoms with Crippen molar-refractivity contribution in [3.63, 3.8) is 0 Å². The van der Waals surface area contributed by atoms with Gasteiger partial charge in [0.05, 0.1) is 36.2 Å². The second-order valence-electron chi connectivity index (χ2n) is 14.6. The molecule has 16 heteroatoms. The highest BCUT2D eigenvalue weighted by Gasteiger charge is 2.44.